The molecule has 3 aromatic rings. The summed E-state index contributed by atoms with van der Waals surface area (Å²) in [4.78, 5) is 17.0. The maximum atomic E-state index is 11.9. The summed E-state index contributed by atoms with van der Waals surface area (Å²) in [5.74, 6) is 2.15. The van der Waals surface area contributed by atoms with Crippen LogP contribution in [0.3, 0.4) is 0 Å². The quantitative estimate of drug-likeness (QED) is 0.786. The molecule has 1 amide bonds. The Morgan fingerprint density at radius 2 is 2.33 bits per heavy atom. The Kier molecular flexibility index (Phi) is 3.87. The van der Waals surface area contributed by atoms with Crippen LogP contribution in [0, 0.1) is 0 Å². The van der Waals surface area contributed by atoms with Crippen LogP contribution in [0.15, 0.2) is 46.5 Å². The highest BCUT2D eigenvalue weighted by molar-refractivity contribution is 7.13. The van der Waals surface area contributed by atoms with E-state index in [9.17, 15) is 4.79 Å². The van der Waals surface area contributed by atoms with E-state index in [1.54, 1.807) is 28.3 Å². The first-order valence-corrected chi connectivity index (χ1v) is 7.50. The van der Waals surface area contributed by atoms with Crippen LogP contribution in [-0.2, 0) is 18.3 Å². The maximum absolute atomic E-state index is 11.9. The Morgan fingerprint density at radius 1 is 1.43 bits per heavy atom. The fourth-order valence-electron chi connectivity index (χ4n) is 1.97. The van der Waals surface area contributed by atoms with Crippen LogP contribution >= 0.6 is 11.3 Å². The van der Waals surface area contributed by atoms with Gasteiger partial charge in [0, 0.05) is 32.3 Å². The third-order valence-electron chi connectivity index (χ3n) is 3.10. The maximum Gasteiger partial charge on any atom is 0.227 e. The van der Waals surface area contributed by atoms with Crippen molar-refractivity contribution in [3.8, 4) is 10.6 Å². The van der Waals surface area contributed by atoms with Crippen LogP contribution < -0.4 is 5.32 Å². The standard InChI is InChI=1S/C15H15N3O2S/c1-18-9-8-16-15(18)17-14(19)7-5-11-4-6-12(20-11)13-3-2-10-21-13/h2-4,6,8-10H,5,7H2,1H3,(H,16,17,19). The number of thiophene rings is 1. The topological polar surface area (TPSA) is 60.1 Å². The molecule has 108 valence electrons. The van der Waals surface area contributed by atoms with Crippen LogP contribution in [-0.4, -0.2) is 15.5 Å². The number of hydrogen-bond donors (Lipinski definition) is 1. The minimum absolute atomic E-state index is 0.0710. The van der Waals surface area contributed by atoms with Crippen molar-refractivity contribution in [2.45, 2.75) is 12.8 Å². The van der Waals surface area contributed by atoms with Gasteiger partial charge in [-0.3, -0.25) is 10.1 Å². The number of anilines is 1. The normalized spacial score (nSPS) is 10.7. The summed E-state index contributed by atoms with van der Waals surface area (Å²) < 4.78 is 7.51. The van der Waals surface area contributed by atoms with Crippen molar-refractivity contribution in [2.24, 2.45) is 7.05 Å². The van der Waals surface area contributed by atoms with Gasteiger partial charge in [-0.25, -0.2) is 4.98 Å². The Balaban J connectivity index is 1.56. The zero-order chi connectivity index (χ0) is 14.7. The van der Waals surface area contributed by atoms with Crippen LogP contribution in [0.2, 0.25) is 0 Å². The highest BCUT2D eigenvalue weighted by atomic mass is 32.1. The molecule has 0 saturated carbocycles. The van der Waals surface area contributed by atoms with Crippen molar-refractivity contribution in [1.29, 1.82) is 0 Å². The molecule has 0 spiro atoms. The van der Waals surface area contributed by atoms with Crippen LogP contribution in [0.4, 0.5) is 5.95 Å². The van der Waals surface area contributed by atoms with E-state index < -0.39 is 0 Å². The van der Waals surface area contributed by atoms with Gasteiger partial charge in [-0.1, -0.05) is 6.07 Å². The second-order valence-electron chi connectivity index (χ2n) is 4.65. The fourth-order valence-corrected chi connectivity index (χ4v) is 2.66. The molecule has 5 nitrogen and oxygen atoms in total. The van der Waals surface area contributed by atoms with E-state index in [4.69, 9.17) is 4.42 Å². The smallest absolute Gasteiger partial charge is 0.227 e. The van der Waals surface area contributed by atoms with Gasteiger partial charge in [0.15, 0.2) is 0 Å². The molecule has 0 aromatic carbocycles. The van der Waals surface area contributed by atoms with Gasteiger partial charge in [0.2, 0.25) is 11.9 Å². The number of nitrogens with one attached hydrogen (secondary N) is 1. The Hall–Kier alpha value is -2.34. The summed E-state index contributed by atoms with van der Waals surface area (Å²) in [7, 11) is 1.84. The molecule has 3 heterocycles. The number of aromatic nitrogens is 2. The predicted molar refractivity (Wildman–Crippen MR) is 82.2 cm³/mol. The Labute approximate surface area is 126 Å². The van der Waals surface area contributed by atoms with E-state index >= 15 is 0 Å². The second-order valence-corrected chi connectivity index (χ2v) is 5.60. The molecule has 1 N–H and O–H groups in total. The first-order valence-electron chi connectivity index (χ1n) is 6.62. The summed E-state index contributed by atoms with van der Waals surface area (Å²) in [6.07, 6.45) is 4.37. The number of imidazole rings is 1. The van der Waals surface area contributed by atoms with E-state index in [0.29, 0.717) is 18.8 Å². The number of carbonyl (C=O) groups is 1. The van der Waals surface area contributed by atoms with E-state index in [2.05, 4.69) is 10.3 Å². The zero-order valence-corrected chi connectivity index (χ0v) is 12.4. The van der Waals surface area contributed by atoms with Crippen LogP contribution in [0.1, 0.15) is 12.2 Å². The molecule has 0 aliphatic rings. The van der Waals surface area contributed by atoms with Crippen molar-refractivity contribution < 1.29 is 9.21 Å². The summed E-state index contributed by atoms with van der Waals surface area (Å²) in [5, 5.41) is 4.78. The Bertz CT molecular complexity index is 728. The van der Waals surface area contributed by atoms with Crippen molar-refractivity contribution in [3.63, 3.8) is 0 Å². The lowest BCUT2D eigenvalue weighted by atomic mass is 10.2. The molecule has 0 aliphatic heterocycles. The van der Waals surface area contributed by atoms with Gasteiger partial charge in [0.1, 0.15) is 11.5 Å². The Morgan fingerprint density at radius 3 is 3.05 bits per heavy atom. The first-order chi connectivity index (χ1) is 10.2. The molecular weight excluding hydrogens is 286 g/mol. The molecule has 0 saturated heterocycles. The van der Waals surface area contributed by atoms with Gasteiger partial charge in [0.25, 0.3) is 0 Å². The predicted octanol–water partition coefficient (Wildman–Crippen LogP) is 3.31. The largest absolute Gasteiger partial charge is 0.460 e. The van der Waals surface area contributed by atoms with Crippen LogP contribution in [0.25, 0.3) is 10.6 Å². The lowest BCUT2D eigenvalue weighted by Gasteiger charge is -2.03. The summed E-state index contributed by atoms with van der Waals surface area (Å²) >= 11 is 1.63. The molecular formula is C15H15N3O2S. The van der Waals surface area contributed by atoms with Gasteiger partial charge in [-0.15, -0.1) is 11.3 Å². The van der Waals surface area contributed by atoms with Gasteiger partial charge in [-0.2, -0.15) is 0 Å². The summed E-state index contributed by atoms with van der Waals surface area (Å²) in [5.41, 5.74) is 0. The van der Waals surface area contributed by atoms with Crippen molar-refractivity contribution in [2.75, 3.05) is 5.32 Å². The lowest BCUT2D eigenvalue weighted by molar-refractivity contribution is -0.116. The number of carbonyl (C=O) groups excluding carboxylic acids is 1. The summed E-state index contributed by atoms with van der Waals surface area (Å²) in [6.45, 7) is 0. The minimum atomic E-state index is -0.0710. The fraction of sp³-hybridized carbons (Fsp3) is 0.200. The van der Waals surface area contributed by atoms with E-state index in [1.165, 1.54) is 0 Å². The zero-order valence-electron chi connectivity index (χ0n) is 11.6. The lowest BCUT2D eigenvalue weighted by Crippen LogP contribution is -2.15. The van der Waals surface area contributed by atoms with E-state index in [0.717, 1.165) is 16.4 Å². The average Bonchev–Trinajstić information content (AvgIpc) is 3.18. The molecule has 3 aromatic heterocycles. The second kappa shape index (κ2) is 5.97. The number of nitrogens with zero attached hydrogens (tertiary/aromatic N) is 2. The van der Waals surface area contributed by atoms with E-state index in [-0.39, 0.29) is 5.91 Å². The first kappa shape index (κ1) is 13.6. The number of furan rings is 1. The monoisotopic (exact) mass is 301 g/mol. The molecule has 0 fully saturated rings. The number of aryl methyl sites for hydroxylation is 2. The molecule has 0 unspecified atom stereocenters. The van der Waals surface area contributed by atoms with Gasteiger partial charge >= 0.3 is 0 Å². The highest BCUT2D eigenvalue weighted by Gasteiger charge is 2.09. The SMILES string of the molecule is Cn1ccnc1NC(=O)CCc1ccc(-c2cccs2)o1. The van der Waals surface area contributed by atoms with Crippen LogP contribution in [0.5, 0.6) is 0 Å². The average molecular weight is 301 g/mol. The molecule has 3 rings (SSSR count). The highest BCUT2D eigenvalue weighted by Crippen LogP contribution is 2.26. The van der Waals surface area contributed by atoms with Crippen molar-refractivity contribution in [1.82, 2.24) is 9.55 Å². The van der Waals surface area contributed by atoms with Crippen molar-refractivity contribution in [3.05, 3.63) is 47.8 Å². The molecule has 6 heteroatoms. The van der Waals surface area contributed by atoms with Gasteiger partial charge in [-0.05, 0) is 23.6 Å². The third-order valence-corrected chi connectivity index (χ3v) is 3.98. The third kappa shape index (κ3) is 3.22. The van der Waals surface area contributed by atoms with Gasteiger partial charge < -0.3 is 8.98 Å². The van der Waals surface area contributed by atoms with Crippen molar-refractivity contribution >= 4 is 23.2 Å². The molecule has 0 aliphatic carbocycles. The van der Waals surface area contributed by atoms with Gasteiger partial charge in [0.05, 0.1) is 4.88 Å². The number of amides is 1. The number of hydrogen-bond acceptors (Lipinski definition) is 4. The summed E-state index contributed by atoms with van der Waals surface area (Å²) in [6, 6.07) is 7.87. The number of rotatable bonds is 5. The molecule has 21 heavy (non-hydrogen) atoms. The molecule has 0 bridgehead atoms. The molecule has 0 atom stereocenters. The minimum Gasteiger partial charge on any atom is -0.460 e. The molecule has 0 radical (unpaired) electrons. The van der Waals surface area contributed by atoms with E-state index in [1.807, 2.05) is 36.7 Å².